The molecule has 1 amide bonds. The summed E-state index contributed by atoms with van der Waals surface area (Å²) in [6.07, 6.45) is 10.5. The average molecular weight is 281 g/mol. The third kappa shape index (κ3) is 3.34. The van der Waals surface area contributed by atoms with Crippen LogP contribution in [-0.2, 0) is 4.79 Å². The second-order valence-electron chi connectivity index (χ2n) is 6.73. The number of rotatable bonds is 5. The lowest BCUT2D eigenvalue weighted by molar-refractivity contribution is -0.124. The second kappa shape index (κ2) is 6.90. The first-order chi connectivity index (χ1) is 9.58. The molecule has 2 fully saturated rings. The predicted molar refractivity (Wildman–Crippen MR) is 82.2 cm³/mol. The van der Waals surface area contributed by atoms with Gasteiger partial charge in [-0.15, -0.1) is 0 Å². The lowest BCUT2D eigenvalue weighted by atomic mass is 9.84. The van der Waals surface area contributed by atoms with E-state index in [2.05, 4.69) is 11.8 Å². The molecule has 3 atom stereocenters. The number of hydrogen-bond donors (Lipinski definition) is 2. The quantitative estimate of drug-likeness (QED) is 0.809. The van der Waals surface area contributed by atoms with Crippen LogP contribution in [0.15, 0.2) is 0 Å². The van der Waals surface area contributed by atoms with Gasteiger partial charge >= 0.3 is 0 Å². The highest BCUT2D eigenvalue weighted by Crippen LogP contribution is 2.36. The smallest absolute Gasteiger partial charge is 0.237 e. The molecule has 1 saturated carbocycles. The van der Waals surface area contributed by atoms with E-state index in [9.17, 15) is 4.79 Å². The summed E-state index contributed by atoms with van der Waals surface area (Å²) in [4.78, 5) is 14.3. The monoisotopic (exact) mass is 281 g/mol. The molecule has 1 aliphatic carbocycles. The zero-order chi connectivity index (χ0) is 14.6. The SMILES string of the molecule is CCC1CCCCCN1CCC1CCCC1(N)C(N)=O. The Hall–Kier alpha value is -0.610. The van der Waals surface area contributed by atoms with Crippen molar-refractivity contribution in [2.24, 2.45) is 17.4 Å². The maximum absolute atomic E-state index is 11.6. The zero-order valence-electron chi connectivity index (χ0n) is 12.9. The lowest BCUT2D eigenvalue weighted by Gasteiger charge is -2.33. The Bertz CT molecular complexity index is 334. The van der Waals surface area contributed by atoms with Crippen molar-refractivity contribution < 1.29 is 4.79 Å². The van der Waals surface area contributed by atoms with Crippen LogP contribution in [0.4, 0.5) is 0 Å². The molecule has 4 N–H and O–H groups in total. The Balaban J connectivity index is 1.91. The maximum atomic E-state index is 11.6. The van der Waals surface area contributed by atoms with Crippen LogP contribution in [0.2, 0.25) is 0 Å². The van der Waals surface area contributed by atoms with E-state index in [1.165, 1.54) is 38.6 Å². The van der Waals surface area contributed by atoms with Crippen LogP contribution in [0.3, 0.4) is 0 Å². The number of nitrogens with zero attached hydrogens (tertiary/aromatic N) is 1. The van der Waals surface area contributed by atoms with Crippen LogP contribution < -0.4 is 11.5 Å². The molecule has 0 bridgehead atoms. The van der Waals surface area contributed by atoms with Crippen LogP contribution >= 0.6 is 0 Å². The van der Waals surface area contributed by atoms with Crippen molar-refractivity contribution in [3.05, 3.63) is 0 Å². The van der Waals surface area contributed by atoms with E-state index < -0.39 is 5.54 Å². The Morgan fingerprint density at radius 3 is 2.75 bits per heavy atom. The predicted octanol–water partition coefficient (Wildman–Crippen LogP) is 2.01. The zero-order valence-corrected chi connectivity index (χ0v) is 12.9. The van der Waals surface area contributed by atoms with Crippen molar-refractivity contribution in [2.45, 2.75) is 76.3 Å². The van der Waals surface area contributed by atoms with E-state index in [-0.39, 0.29) is 11.8 Å². The highest BCUT2D eigenvalue weighted by molar-refractivity contribution is 5.85. The van der Waals surface area contributed by atoms with Gasteiger partial charge in [-0.25, -0.2) is 0 Å². The normalized spacial score (nSPS) is 35.9. The van der Waals surface area contributed by atoms with Crippen LogP contribution in [0.1, 0.15) is 64.7 Å². The molecule has 1 heterocycles. The van der Waals surface area contributed by atoms with Gasteiger partial charge in [0.2, 0.25) is 5.91 Å². The van der Waals surface area contributed by atoms with Gasteiger partial charge in [-0.1, -0.05) is 26.2 Å². The molecule has 2 rings (SSSR count). The third-order valence-electron chi connectivity index (χ3n) is 5.57. The molecular weight excluding hydrogens is 250 g/mol. The maximum Gasteiger partial charge on any atom is 0.237 e. The van der Waals surface area contributed by atoms with Gasteiger partial charge in [0.15, 0.2) is 0 Å². The van der Waals surface area contributed by atoms with E-state index in [1.807, 2.05) is 0 Å². The molecular formula is C16H31N3O. The molecule has 1 aliphatic heterocycles. The summed E-state index contributed by atoms with van der Waals surface area (Å²) in [5, 5.41) is 0. The number of carbonyl (C=O) groups excluding carboxylic acids is 1. The number of nitrogens with two attached hydrogens (primary N) is 2. The highest BCUT2D eigenvalue weighted by Gasteiger charge is 2.44. The summed E-state index contributed by atoms with van der Waals surface area (Å²) in [7, 11) is 0. The van der Waals surface area contributed by atoms with Crippen molar-refractivity contribution in [2.75, 3.05) is 13.1 Å². The Morgan fingerprint density at radius 2 is 2.05 bits per heavy atom. The number of primary amides is 1. The van der Waals surface area contributed by atoms with Gasteiger partial charge in [0.05, 0.1) is 5.54 Å². The average Bonchev–Trinajstić information content (AvgIpc) is 2.68. The first kappa shape index (κ1) is 15.8. The molecule has 0 radical (unpaired) electrons. The highest BCUT2D eigenvalue weighted by atomic mass is 16.1. The largest absolute Gasteiger partial charge is 0.368 e. The standard InChI is InChI=1S/C16H31N3O/c1-2-14-8-4-3-5-11-19(14)12-9-13-7-6-10-16(13,18)15(17)20/h13-14H,2-12,18H2,1H3,(H2,17,20). The summed E-state index contributed by atoms with van der Waals surface area (Å²) in [5.74, 6) is -0.0244. The van der Waals surface area contributed by atoms with E-state index in [0.717, 1.165) is 38.3 Å². The molecule has 4 nitrogen and oxygen atoms in total. The van der Waals surface area contributed by atoms with Crippen LogP contribution in [-0.4, -0.2) is 35.5 Å². The van der Waals surface area contributed by atoms with Gasteiger partial charge in [-0.2, -0.15) is 0 Å². The molecule has 20 heavy (non-hydrogen) atoms. The van der Waals surface area contributed by atoms with Crippen molar-refractivity contribution in [1.82, 2.24) is 4.90 Å². The minimum Gasteiger partial charge on any atom is -0.368 e. The van der Waals surface area contributed by atoms with E-state index in [4.69, 9.17) is 11.5 Å². The first-order valence-corrected chi connectivity index (χ1v) is 8.40. The molecule has 3 unspecified atom stereocenters. The van der Waals surface area contributed by atoms with Crippen molar-refractivity contribution >= 4 is 5.91 Å². The molecule has 2 aliphatic rings. The molecule has 0 aromatic rings. The molecule has 0 aromatic carbocycles. The number of likely N-dealkylation sites (tertiary alicyclic amines) is 1. The summed E-state index contributed by atoms with van der Waals surface area (Å²) in [6, 6.07) is 0.722. The number of hydrogen-bond acceptors (Lipinski definition) is 3. The van der Waals surface area contributed by atoms with Crippen LogP contribution in [0, 0.1) is 5.92 Å². The van der Waals surface area contributed by atoms with Gasteiger partial charge < -0.3 is 16.4 Å². The van der Waals surface area contributed by atoms with E-state index in [1.54, 1.807) is 0 Å². The summed E-state index contributed by atoms with van der Waals surface area (Å²) in [6.45, 7) is 4.57. The molecule has 0 spiro atoms. The summed E-state index contributed by atoms with van der Waals surface area (Å²) < 4.78 is 0. The van der Waals surface area contributed by atoms with Gasteiger partial charge in [-0.05, 0) is 57.5 Å². The molecule has 4 heteroatoms. The summed E-state index contributed by atoms with van der Waals surface area (Å²) >= 11 is 0. The molecule has 1 saturated heterocycles. The minimum absolute atomic E-state index is 0.278. The minimum atomic E-state index is -0.742. The van der Waals surface area contributed by atoms with Crippen molar-refractivity contribution in [3.8, 4) is 0 Å². The fourth-order valence-electron chi connectivity index (χ4n) is 4.14. The van der Waals surface area contributed by atoms with Crippen molar-refractivity contribution in [3.63, 3.8) is 0 Å². The van der Waals surface area contributed by atoms with Gasteiger partial charge in [0, 0.05) is 6.04 Å². The fraction of sp³-hybridized carbons (Fsp3) is 0.938. The fourth-order valence-corrected chi connectivity index (χ4v) is 4.14. The Labute approximate surface area is 123 Å². The Morgan fingerprint density at radius 1 is 1.25 bits per heavy atom. The van der Waals surface area contributed by atoms with Gasteiger partial charge in [-0.3, -0.25) is 4.79 Å². The van der Waals surface area contributed by atoms with E-state index in [0.29, 0.717) is 0 Å². The van der Waals surface area contributed by atoms with Crippen LogP contribution in [0.25, 0.3) is 0 Å². The second-order valence-corrected chi connectivity index (χ2v) is 6.73. The third-order valence-corrected chi connectivity index (χ3v) is 5.57. The van der Waals surface area contributed by atoms with Crippen molar-refractivity contribution in [1.29, 1.82) is 0 Å². The van der Waals surface area contributed by atoms with Gasteiger partial charge in [0.25, 0.3) is 0 Å². The van der Waals surface area contributed by atoms with Gasteiger partial charge in [0.1, 0.15) is 0 Å². The lowest BCUT2D eigenvalue weighted by Crippen LogP contribution is -2.55. The van der Waals surface area contributed by atoms with E-state index >= 15 is 0 Å². The number of amides is 1. The topological polar surface area (TPSA) is 72.3 Å². The molecule has 0 aromatic heterocycles. The first-order valence-electron chi connectivity index (χ1n) is 8.40. The Kier molecular flexibility index (Phi) is 5.44. The van der Waals surface area contributed by atoms with Crippen LogP contribution in [0.5, 0.6) is 0 Å². The molecule has 116 valence electrons. The number of carbonyl (C=O) groups is 1. The summed E-state index contributed by atoms with van der Waals surface area (Å²) in [5.41, 5.74) is 11.1.